The molecule has 2 N–H and O–H groups in total. The SMILES string of the molecule is C=C(NC1=C/C=C\C=C/C=C\1)C1CCCN1C(=O)C1CCCN1C[C@H](C(C)C)N(C)C(=O)C(NC(=O)C1CCCCN1C)C(C)(C)C. The molecule has 0 bridgehead atoms. The maximum Gasteiger partial charge on any atom is 0.245 e. The minimum atomic E-state index is -0.647. The molecular formula is C38H60N6O3. The molecule has 3 amide bonds. The highest BCUT2D eigenvalue weighted by atomic mass is 16.2. The van der Waals surface area contributed by atoms with Gasteiger partial charge >= 0.3 is 0 Å². The lowest BCUT2D eigenvalue weighted by atomic mass is 9.84. The molecule has 0 aromatic carbocycles. The number of carbonyl (C=O) groups excluding carboxylic acids is 3. The van der Waals surface area contributed by atoms with Crippen molar-refractivity contribution in [1.82, 2.24) is 30.2 Å². The Labute approximate surface area is 283 Å². The summed E-state index contributed by atoms with van der Waals surface area (Å²) in [6.45, 7) is 17.7. The van der Waals surface area contributed by atoms with Gasteiger partial charge in [0.15, 0.2) is 0 Å². The summed E-state index contributed by atoms with van der Waals surface area (Å²) >= 11 is 0. The van der Waals surface area contributed by atoms with Crippen molar-refractivity contribution in [2.75, 3.05) is 40.3 Å². The zero-order valence-corrected chi connectivity index (χ0v) is 30.0. The van der Waals surface area contributed by atoms with Crippen LogP contribution in [0.15, 0.2) is 60.5 Å². The first-order chi connectivity index (χ1) is 22.3. The van der Waals surface area contributed by atoms with Crippen molar-refractivity contribution in [2.45, 2.75) is 110 Å². The van der Waals surface area contributed by atoms with Crippen LogP contribution in [0.3, 0.4) is 0 Å². The van der Waals surface area contributed by atoms with Gasteiger partial charge < -0.3 is 20.4 Å². The van der Waals surface area contributed by atoms with Gasteiger partial charge in [-0.25, -0.2) is 0 Å². The number of piperidine rings is 1. The predicted molar refractivity (Wildman–Crippen MR) is 190 cm³/mol. The van der Waals surface area contributed by atoms with Crippen molar-refractivity contribution in [1.29, 1.82) is 0 Å². The van der Waals surface area contributed by atoms with Crippen LogP contribution in [-0.4, -0.2) is 108 Å². The zero-order valence-electron chi connectivity index (χ0n) is 30.0. The molecule has 0 aromatic rings. The van der Waals surface area contributed by atoms with E-state index < -0.39 is 11.5 Å². The monoisotopic (exact) mass is 648 g/mol. The van der Waals surface area contributed by atoms with Gasteiger partial charge in [0.25, 0.3) is 0 Å². The normalized spacial score (nSPS) is 28.4. The number of rotatable bonds is 11. The molecule has 1 aliphatic carbocycles. The molecule has 0 spiro atoms. The van der Waals surface area contributed by atoms with Crippen LogP contribution in [0.25, 0.3) is 0 Å². The summed E-state index contributed by atoms with van der Waals surface area (Å²) in [6.07, 6.45) is 20.5. The van der Waals surface area contributed by atoms with Crippen molar-refractivity contribution in [3.63, 3.8) is 0 Å². The number of allylic oxidation sites excluding steroid dienone is 7. The van der Waals surface area contributed by atoms with Crippen LogP contribution in [0, 0.1) is 11.3 Å². The van der Waals surface area contributed by atoms with Crippen molar-refractivity contribution >= 4 is 17.7 Å². The summed E-state index contributed by atoms with van der Waals surface area (Å²) in [5, 5.41) is 6.62. The molecule has 4 aliphatic rings. The van der Waals surface area contributed by atoms with Gasteiger partial charge in [0.05, 0.1) is 18.1 Å². The Morgan fingerprint density at radius 1 is 0.915 bits per heavy atom. The molecule has 47 heavy (non-hydrogen) atoms. The topological polar surface area (TPSA) is 88.2 Å². The van der Waals surface area contributed by atoms with E-state index in [9.17, 15) is 14.4 Å². The summed E-state index contributed by atoms with van der Waals surface area (Å²) in [5.41, 5.74) is 1.33. The molecule has 4 rings (SSSR count). The predicted octanol–water partition coefficient (Wildman–Crippen LogP) is 4.61. The van der Waals surface area contributed by atoms with Crippen LogP contribution in [0.1, 0.15) is 79.6 Å². The molecule has 260 valence electrons. The van der Waals surface area contributed by atoms with E-state index >= 15 is 0 Å². The lowest BCUT2D eigenvalue weighted by molar-refractivity contribution is -0.143. The van der Waals surface area contributed by atoms with Crippen LogP contribution in [0.5, 0.6) is 0 Å². The first-order valence-corrected chi connectivity index (χ1v) is 17.8. The summed E-state index contributed by atoms with van der Waals surface area (Å²) in [4.78, 5) is 50.1. The number of hydrogen-bond donors (Lipinski definition) is 2. The average molecular weight is 649 g/mol. The highest BCUT2D eigenvalue weighted by Gasteiger charge is 2.43. The van der Waals surface area contributed by atoms with Crippen LogP contribution in [-0.2, 0) is 14.4 Å². The molecule has 3 saturated heterocycles. The number of nitrogens with zero attached hydrogens (tertiary/aromatic N) is 4. The average Bonchev–Trinajstić information content (AvgIpc) is 3.68. The fourth-order valence-electron chi connectivity index (χ4n) is 7.51. The van der Waals surface area contributed by atoms with E-state index in [0.29, 0.717) is 6.54 Å². The molecule has 3 heterocycles. The minimum absolute atomic E-state index is 0.0614. The van der Waals surface area contributed by atoms with Crippen molar-refractivity contribution in [3.8, 4) is 0 Å². The Morgan fingerprint density at radius 3 is 2.28 bits per heavy atom. The molecule has 3 aliphatic heterocycles. The van der Waals surface area contributed by atoms with Crippen molar-refractivity contribution < 1.29 is 14.4 Å². The van der Waals surface area contributed by atoms with Gasteiger partial charge in [0.1, 0.15) is 6.04 Å². The summed E-state index contributed by atoms with van der Waals surface area (Å²) in [7, 11) is 3.86. The smallest absolute Gasteiger partial charge is 0.245 e. The highest BCUT2D eigenvalue weighted by Crippen LogP contribution is 2.30. The number of nitrogens with one attached hydrogen (secondary N) is 2. The maximum atomic E-state index is 14.2. The van der Waals surface area contributed by atoms with E-state index in [1.165, 1.54) is 0 Å². The lowest BCUT2D eigenvalue weighted by Crippen LogP contribution is -2.61. The first-order valence-electron chi connectivity index (χ1n) is 17.8. The summed E-state index contributed by atoms with van der Waals surface area (Å²) in [6, 6.07) is -1.24. The molecule has 9 nitrogen and oxygen atoms in total. The maximum absolute atomic E-state index is 14.2. The van der Waals surface area contributed by atoms with Gasteiger partial charge in [-0.1, -0.05) is 78.0 Å². The Morgan fingerprint density at radius 2 is 1.57 bits per heavy atom. The van der Waals surface area contributed by atoms with Gasteiger partial charge in [-0.05, 0) is 82.1 Å². The summed E-state index contributed by atoms with van der Waals surface area (Å²) < 4.78 is 0. The van der Waals surface area contributed by atoms with E-state index in [4.69, 9.17) is 0 Å². The second-order valence-electron chi connectivity index (χ2n) is 15.3. The molecular weight excluding hydrogens is 588 g/mol. The number of amides is 3. The number of hydrogen-bond acceptors (Lipinski definition) is 6. The second kappa shape index (κ2) is 16.3. The third-order valence-electron chi connectivity index (χ3n) is 10.4. The van der Waals surface area contributed by atoms with Crippen LogP contribution < -0.4 is 10.6 Å². The van der Waals surface area contributed by atoms with Crippen molar-refractivity contribution in [3.05, 3.63) is 60.5 Å². The van der Waals surface area contributed by atoms with Gasteiger partial charge in [-0.3, -0.25) is 24.2 Å². The third kappa shape index (κ3) is 9.26. The molecule has 5 atom stereocenters. The minimum Gasteiger partial charge on any atom is -0.358 e. The molecule has 0 aromatic heterocycles. The third-order valence-corrected chi connectivity index (χ3v) is 10.4. The Balaban J connectivity index is 1.44. The summed E-state index contributed by atoms with van der Waals surface area (Å²) in [5.74, 6) is 0.186. The first kappa shape index (κ1) is 36.7. The van der Waals surface area contributed by atoms with Gasteiger partial charge in [0, 0.05) is 37.6 Å². The Bertz CT molecular complexity index is 1260. The van der Waals surface area contributed by atoms with E-state index in [1.807, 2.05) is 87.2 Å². The van der Waals surface area contributed by atoms with Gasteiger partial charge in [0.2, 0.25) is 17.7 Å². The molecule has 3 fully saturated rings. The zero-order chi connectivity index (χ0) is 34.3. The Hall–Kier alpha value is -3.17. The van der Waals surface area contributed by atoms with E-state index in [2.05, 4.69) is 40.9 Å². The number of likely N-dealkylation sites (N-methyl/N-ethyl adjacent to an activating group) is 2. The highest BCUT2D eigenvalue weighted by molar-refractivity contribution is 5.90. The Kier molecular flexibility index (Phi) is 12.7. The van der Waals surface area contributed by atoms with Gasteiger partial charge in [-0.15, -0.1) is 0 Å². The fraction of sp³-hybridized carbons (Fsp3) is 0.658. The number of likely N-dealkylation sites (tertiary alicyclic amines) is 3. The molecule has 9 heteroatoms. The van der Waals surface area contributed by atoms with Crippen LogP contribution in [0.2, 0.25) is 0 Å². The van der Waals surface area contributed by atoms with E-state index in [-0.39, 0.29) is 47.8 Å². The van der Waals surface area contributed by atoms with Crippen LogP contribution >= 0.6 is 0 Å². The van der Waals surface area contributed by atoms with E-state index in [1.54, 1.807) is 0 Å². The van der Waals surface area contributed by atoms with Gasteiger partial charge in [-0.2, -0.15) is 0 Å². The lowest BCUT2D eigenvalue weighted by Gasteiger charge is -2.41. The second-order valence-corrected chi connectivity index (χ2v) is 15.3. The number of carbonyl (C=O) groups is 3. The largest absolute Gasteiger partial charge is 0.358 e. The molecule has 0 radical (unpaired) electrons. The van der Waals surface area contributed by atoms with Crippen molar-refractivity contribution in [2.24, 2.45) is 11.3 Å². The quantitative estimate of drug-likeness (QED) is 0.341. The molecule has 0 saturated carbocycles. The fourth-order valence-corrected chi connectivity index (χ4v) is 7.51. The van der Waals surface area contributed by atoms with Crippen LogP contribution in [0.4, 0.5) is 0 Å². The van der Waals surface area contributed by atoms with E-state index in [0.717, 1.165) is 76.0 Å². The molecule has 4 unspecified atom stereocenters. The standard InChI is InChI=1S/C38H60N6O3/c1-27(2)33(42(8)37(47)34(38(4,5)6)40-35(45)31-20-14-15-23-41(31)7)26-43-24-16-22-32(43)36(46)44-25-17-21-30(44)28(3)39-29-18-12-10-9-11-13-19-29/h9-13,18-19,27,30-34,39H,3,14-17,20-26H2,1-2,4-8H3,(H,40,45)/b10-9-,11-9?,12-10?,13-11-,18-12-,19-13?,29-18?,29-19+/t30?,31?,32?,33-,34?/m1/s1.